The van der Waals surface area contributed by atoms with E-state index in [9.17, 15) is 14.3 Å². The molecular formula is C18H25FN2O3. The molecule has 132 valence electrons. The first-order chi connectivity index (χ1) is 11.6. The lowest BCUT2D eigenvalue weighted by Crippen LogP contribution is -2.53. The van der Waals surface area contributed by atoms with Crippen LogP contribution in [-0.4, -0.2) is 54.4 Å². The molecule has 1 heterocycles. The van der Waals surface area contributed by atoms with Gasteiger partial charge in [0.15, 0.2) is 0 Å². The zero-order chi connectivity index (χ0) is 16.9. The minimum atomic E-state index is -0.290. The predicted molar refractivity (Wildman–Crippen MR) is 87.8 cm³/mol. The molecule has 2 N–H and O–H groups in total. The summed E-state index contributed by atoms with van der Waals surface area (Å²) in [6.45, 7) is 2.59. The van der Waals surface area contributed by atoms with Gasteiger partial charge in [0, 0.05) is 25.0 Å². The summed E-state index contributed by atoms with van der Waals surface area (Å²) in [5.74, 6) is -0.148. The molecular weight excluding hydrogens is 311 g/mol. The third kappa shape index (κ3) is 4.32. The second kappa shape index (κ2) is 8.05. The molecule has 1 aliphatic heterocycles. The minimum Gasteiger partial charge on any atom is -0.393 e. The molecule has 24 heavy (non-hydrogen) atoms. The van der Waals surface area contributed by atoms with Crippen molar-refractivity contribution in [3.63, 3.8) is 0 Å². The van der Waals surface area contributed by atoms with Crippen molar-refractivity contribution >= 4 is 5.91 Å². The topological polar surface area (TPSA) is 61.8 Å². The van der Waals surface area contributed by atoms with Crippen LogP contribution in [0.3, 0.4) is 0 Å². The molecule has 5 nitrogen and oxygen atoms in total. The van der Waals surface area contributed by atoms with Crippen LogP contribution in [0, 0.1) is 11.7 Å². The van der Waals surface area contributed by atoms with Gasteiger partial charge < -0.3 is 15.2 Å². The molecule has 0 spiro atoms. The summed E-state index contributed by atoms with van der Waals surface area (Å²) in [5.41, 5.74) is 0.870. The van der Waals surface area contributed by atoms with Crippen LogP contribution in [0.15, 0.2) is 24.3 Å². The summed E-state index contributed by atoms with van der Waals surface area (Å²) in [7, 11) is 0. The second-order valence-corrected chi connectivity index (χ2v) is 6.68. The molecule has 1 saturated carbocycles. The number of nitrogens with one attached hydrogen (secondary N) is 1. The Morgan fingerprint density at radius 1 is 1.33 bits per heavy atom. The molecule has 2 fully saturated rings. The van der Waals surface area contributed by atoms with Gasteiger partial charge in [-0.25, -0.2) is 4.39 Å². The molecule has 1 amide bonds. The van der Waals surface area contributed by atoms with Gasteiger partial charge in [-0.15, -0.1) is 0 Å². The molecule has 3 atom stereocenters. The Balaban J connectivity index is 1.52. The Bertz CT molecular complexity index is 552. The van der Waals surface area contributed by atoms with Crippen molar-refractivity contribution in [2.24, 2.45) is 5.92 Å². The van der Waals surface area contributed by atoms with E-state index in [1.54, 1.807) is 12.1 Å². The molecule has 1 aromatic carbocycles. The second-order valence-electron chi connectivity index (χ2n) is 6.68. The van der Waals surface area contributed by atoms with E-state index in [1.807, 2.05) is 0 Å². The fourth-order valence-corrected chi connectivity index (χ4v) is 3.71. The maximum Gasteiger partial charge on any atom is 0.234 e. The predicted octanol–water partition coefficient (Wildman–Crippen LogP) is 1.30. The van der Waals surface area contributed by atoms with E-state index in [-0.39, 0.29) is 29.8 Å². The normalized spacial score (nSPS) is 28.0. The van der Waals surface area contributed by atoms with Crippen LogP contribution in [0.2, 0.25) is 0 Å². The van der Waals surface area contributed by atoms with Crippen molar-refractivity contribution in [3.8, 4) is 0 Å². The van der Waals surface area contributed by atoms with Crippen molar-refractivity contribution in [1.29, 1.82) is 0 Å². The van der Waals surface area contributed by atoms with Crippen molar-refractivity contribution in [2.75, 3.05) is 26.3 Å². The van der Waals surface area contributed by atoms with E-state index in [1.165, 1.54) is 12.1 Å². The summed E-state index contributed by atoms with van der Waals surface area (Å²) >= 11 is 0. The van der Waals surface area contributed by atoms with E-state index in [0.717, 1.165) is 24.8 Å². The minimum absolute atomic E-state index is 0.0567. The summed E-state index contributed by atoms with van der Waals surface area (Å²) in [5, 5.41) is 13.0. The Morgan fingerprint density at radius 3 is 2.83 bits per heavy atom. The van der Waals surface area contributed by atoms with Crippen molar-refractivity contribution < 1.29 is 19.0 Å². The largest absolute Gasteiger partial charge is 0.393 e. The number of nitrogens with zero attached hydrogens (tertiary/aromatic N) is 1. The molecule has 3 rings (SSSR count). The van der Waals surface area contributed by atoms with Crippen LogP contribution in [-0.2, 0) is 16.1 Å². The Hall–Kier alpha value is -1.50. The highest BCUT2D eigenvalue weighted by molar-refractivity contribution is 5.78. The van der Waals surface area contributed by atoms with Gasteiger partial charge in [0.1, 0.15) is 5.82 Å². The number of aliphatic hydroxyl groups excluding tert-OH is 1. The number of aliphatic hydroxyl groups is 1. The third-order valence-corrected chi connectivity index (χ3v) is 5.06. The first kappa shape index (κ1) is 17.3. The monoisotopic (exact) mass is 336 g/mol. The Kier molecular flexibility index (Phi) is 5.81. The van der Waals surface area contributed by atoms with E-state index in [2.05, 4.69) is 10.2 Å². The van der Waals surface area contributed by atoms with Gasteiger partial charge >= 0.3 is 0 Å². The molecule has 1 aliphatic carbocycles. The van der Waals surface area contributed by atoms with Crippen LogP contribution in [0.5, 0.6) is 0 Å². The number of hydrogen-bond acceptors (Lipinski definition) is 4. The lowest BCUT2D eigenvalue weighted by Gasteiger charge is -2.39. The number of hydrogen-bond donors (Lipinski definition) is 2. The fraction of sp³-hybridized carbons (Fsp3) is 0.611. The molecule has 0 radical (unpaired) electrons. The van der Waals surface area contributed by atoms with Gasteiger partial charge in [-0.1, -0.05) is 18.6 Å². The van der Waals surface area contributed by atoms with Crippen LogP contribution in [0.25, 0.3) is 0 Å². The molecule has 0 aromatic heterocycles. The quantitative estimate of drug-likeness (QED) is 0.851. The van der Waals surface area contributed by atoms with E-state index < -0.39 is 0 Å². The average molecular weight is 336 g/mol. The molecule has 0 unspecified atom stereocenters. The van der Waals surface area contributed by atoms with Gasteiger partial charge in [-0.3, -0.25) is 9.69 Å². The zero-order valence-corrected chi connectivity index (χ0v) is 13.8. The lowest BCUT2D eigenvalue weighted by molar-refractivity contribution is -0.126. The fourth-order valence-electron chi connectivity index (χ4n) is 3.71. The molecule has 0 bridgehead atoms. The molecule has 2 aliphatic rings. The van der Waals surface area contributed by atoms with Gasteiger partial charge in [-0.2, -0.15) is 0 Å². The summed E-state index contributed by atoms with van der Waals surface area (Å²) < 4.78 is 18.5. The molecule has 1 saturated heterocycles. The van der Waals surface area contributed by atoms with Crippen LogP contribution >= 0.6 is 0 Å². The highest BCUT2D eigenvalue weighted by Crippen LogP contribution is 2.32. The zero-order valence-electron chi connectivity index (χ0n) is 13.8. The highest BCUT2D eigenvalue weighted by Gasteiger charge is 2.38. The van der Waals surface area contributed by atoms with Gasteiger partial charge in [0.05, 0.1) is 25.9 Å². The summed E-state index contributed by atoms with van der Waals surface area (Å²) in [6.07, 6.45) is 2.57. The smallest absolute Gasteiger partial charge is 0.234 e. The summed E-state index contributed by atoms with van der Waals surface area (Å²) in [4.78, 5) is 14.4. The SMILES string of the molecule is O=C(CN1CCOC[C@@H]1[C@H]1CCC[C@H]1O)NCc1ccc(F)cc1. The third-order valence-electron chi connectivity index (χ3n) is 5.06. The van der Waals surface area contributed by atoms with Crippen LogP contribution < -0.4 is 5.32 Å². The van der Waals surface area contributed by atoms with Gasteiger partial charge in [-0.05, 0) is 30.5 Å². The first-order valence-corrected chi connectivity index (χ1v) is 8.64. The number of rotatable bonds is 5. The molecule has 1 aromatic rings. The number of amides is 1. The van der Waals surface area contributed by atoms with E-state index >= 15 is 0 Å². The number of carbonyl (C=O) groups excluding carboxylic acids is 1. The van der Waals surface area contributed by atoms with E-state index in [0.29, 0.717) is 32.8 Å². The Morgan fingerprint density at radius 2 is 2.12 bits per heavy atom. The maximum absolute atomic E-state index is 12.9. The average Bonchev–Trinajstić information content (AvgIpc) is 3.01. The van der Waals surface area contributed by atoms with Crippen molar-refractivity contribution in [3.05, 3.63) is 35.6 Å². The number of ether oxygens (including phenoxy) is 1. The first-order valence-electron chi connectivity index (χ1n) is 8.64. The van der Waals surface area contributed by atoms with Crippen LogP contribution in [0.1, 0.15) is 24.8 Å². The van der Waals surface area contributed by atoms with Crippen molar-refractivity contribution in [1.82, 2.24) is 10.2 Å². The molecule has 6 heteroatoms. The number of carbonyl (C=O) groups is 1. The van der Waals surface area contributed by atoms with Crippen LogP contribution in [0.4, 0.5) is 4.39 Å². The van der Waals surface area contributed by atoms with E-state index in [4.69, 9.17) is 4.74 Å². The lowest BCUT2D eigenvalue weighted by atomic mass is 9.94. The maximum atomic E-state index is 12.9. The van der Waals surface area contributed by atoms with Gasteiger partial charge in [0.25, 0.3) is 0 Å². The number of halogens is 1. The number of benzene rings is 1. The highest BCUT2D eigenvalue weighted by atomic mass is 19.1. The standard InChI is InChI=1S/C18H25FN2O3/c19-14-6-4-13(5-7-14)10-20-18(23)11-21-8-9-24-12-16(21)15-2-1-3-17(15)22/h4-7,15-17,22H,1-3,8-12H2,(H,20,23)/t15-,16-,17-/m1/s1. The van der Waals surface area contributed by atoms with Gasteiger partial charge in [0.2, 0.25) is 5.91 Å². The summed E-state index contributed by atoms with van der Waals surface area (Å²) in [6, 6.07) is 6.22. The Labute approximate surface area is 141 Å². The number of morpholine rings is 1. The van der Waals surface area contributed by atoms with Crippen molar-refractivity contribution in [2.45, 2.75) is 38.0 Å².